The maximum absolute atomic E-state index is 5.69. The van der Waals surface area contributed by atoms with Gasteiger partial charge in [0.05, 0.1) is 12.2 Å². The van der Waals surface area contributed by atoms with E-state index in [1.807, 2.05) is 14.2 Å². The smallest absolute Gasteiger partial charge is 0.0605 e. The Kier molecular flexibility index (Phi) is 2.00. The summed E-state index contributed by atoms with van der Waals surface area (Å²) in [7, 11) is 3.81. The van der Waals surface area contributed by atoms with Crippen molar-refractivity contribution in [2.75, 3.05) is 14.2 Å². The van der Waals surface area contributed by atoms with Crippen LogP contribution in [0.4, 0.5) is 0 Å². The molecule has 0 amide bonds. The van der Waals surface area contributed by atoms with Crippen molar-refractivity contribution in [2.45, 2.75) is 37.9 Å². The lowest BCUT2D eigenvalue weighted by Gasteiger charge is -2.40. The third-order valence-corrected chi connectivity index (χ3v) is 6.30. The summed E-state index contributed by atoms with van der Waals surface area (Å²) in [4.78, 5) is 0. The van der Waals surface area contributed by atoms with Crippen LogP contribution in [0, 0.1) is 35.5 Å². The van der Waals surface area contributed by atoms with Gasteiger partial charge in [0.25, 0.3) is 0 Å². The Balaban J connectivity index is 1.64. The summed E-state index contributed by atoms with van der Waals surface area (Å²) in [5.41, 5.74) is 0. The first-order valence-corrected chi connectivity index (χ1v) is 6.89. The van der Waals surface area contributed by atoms with Crippen molar-refractivity contribution < 1.29 is 9.47 Å². The highest BCUT2D eigenvalue weighted by Gasteiger charge is 2.64. The minimum Gasteiger partial charge on any atom is -0.381 e. The van der Waals surface area contributed by atoms with E-state index >= 15 is 0 Å². The molecule has 0 aromatic heterocycles. The number of rotatable bonds is 2. The third-order valence-electron chi connectivity index (χ3n) is 6.30. The lowest BCUT2D eigenvalue weighted by molar-refractivity contribution is -0.0458. The molecule has 4 fully saturated rings. The van der Waals surface area contributed by atoms with Gasteiger partial charge < -0.3 is 9.47 Å². The fraction of sp³-hybridized carbons (Fsp3) is 1.00. The van der Waals surface area contributed by atoms with Crippen LogP contribution >= 0.6 is 0 Å². The second-order valence-electron chi connectivity index (χ2n) is 6.49. The molecule has 90 valence electrons. The summed E-state index contributed by atoms with van der Waals surface area (Å²) >= 11 is 0. The van der Waals surface area contributed by atoms with Crippen molar-refractivity contribution in [3.63, 3.8) is 0 Å². The molecule has 16 heavy (non-hydrogen) atoms. The normalized spacial score (nSPS) is 61.9. The molecule has 0 heterocycles. The van der Waals surface area contributed by atoms with Crippen molar-refractivity contribution >= 4 is 0 Å². The van der Waals surface area contributed by atoms with Gasteiger partial charge in [-0.15, -0.1) is 0 Å². The highest BCUT2D eigenvalue weighted by molar-refractivity contribution is 5.13. The van der Waals surface area contributed by atoms with Crippen LogP contribution in [0.2, 0.25) is 0 Å². The minimum atomic E-state index is 0.572. The van der Waals surface area contributed by atoms with Crippen molar-refractivity contribution in [2.24, 2.45) is 35.5 Å². The molecule has 0 radical (unpaired) electrons. The quantitative estimate of drug-likeness (QED) is 0.668. The van der Waals surface area contributed by atoms with Crippen LogP contribution in [-0.4, -0.2) is 26.4 Å². The maximum atomic E-state index is 5.69. The van der Waals surface area contributed by atoms with Crippen molar-refractivity contribution in [3.8, 4) is 0 Å². The fourth-order valence-electron chi connectivity index (χ4n) is 6.02. The Hall–Kier alpha value is -0.0800. The first kappa shape index (κ1) is 9.90. The Morgan fingerprint density at radius 3 is 1.62 bits per heavy atom. The molecule has 0 aromatic carbocycles. The zero-order valence-electron chi connectivity index (χ0n) is 10.3. The minimum absolute atomic E-state index is 0.572. The summed E-state index contributed by atoms with van der Waals surface area (Å²) < 4.78 is 11.4. The molecule has 0 aliphatic heterocycles. The van der Waals surface area contributed by atoms with Crippen LogP contribution in [0.3, 0.4) is 0 Å². The molecule has 0 aromatic rings. The molecular weight excluding hydrogens is 200 g/mol. The summed E-state index contributed by atoms with van der Waals surface area (Å²) in [6.45, 7) is 0. The van der Waals surface area contributed by atoms with Gasteiger partial charge in [-0.2, -0.15) is 0 Å². The van der Waals surface area contributed by atoms with E-state index in [-0.39, 0.29) is 0 Å². The summed E-state index contributed by atoms with van der Waals surface area (Å²) in [6, 6.07) is 0. The second-order valence-corrected chi connectivity index (χ2v) is 6.49. The zero-order valence-corrected chi connectivity index (χ0v) is 10.3. The summed E-state index contributed by atoms with van der Waals surface area (Å²) in [5, 5.41) is 0. The summed E-state index contributed by atoms with van der Waals surface area (Å²) in [6.07, 6.45) is 6.76. The van der Waals surface area contributed by atoms with E-state index in [1.54, 1.807) is 0 Å². The molecular formula is C14H22O2. The van der Waals surface area contributed by atoms with Crippen LogP contribution in [0.1, 0.15) is 25.7 Å². The van der Waals surface area contributed by atoms with Gasteiger partial charge in [0.2, 0.25) is 0 Å². The van der Waals surface area contributed by atoms with E-state index in [4.69, 9.17) is 9.47 Å². The second kappa shape index (κ2) is 3.23. The predicted molar refractivity (Wildman–Crippen MR) is 61.0 cm³/mol. The van der Waals surface area contributed by atoms with Gasteiger partial charge in [-0.05, 0) is 61.2 Å². The number of methoxy groups -OCH3 is 2. The van der Waals surface area contributed by atoms with Crippen LogP contribution < -0.4 is 0 Å². The SMILES string of the molecule is COC1CC2CC1C1C3CC(CC3OC)C21. The van der Waals surface area contributed by atoms with Gasteiger partial charge in [-0.1, -0.05) is 0 Å². The molecule has 2 heteroatoms. The van der Waals surface area contributed by atoms with Gasteiger partial charge in [0.1, 0.15) is 0 Å². The highest BCUT2D eigenvalue weighted by Crippen LogP contribution is 2.68. The van der Waals surface area contributed by atoms with Gasteiger partial charge in [0, 0.05) is 14.2 Å². The molecule has 6 atom stereocenters. The predicted octanol–water partition coefficient (Wildman–Crippen LogP) is 2.33. The highest BCUT2D eigenvalue weighted by atomic mass is 16.5. The number of hydrogen-bond acceptors (Lipinski definition) is 2. The fourth-order valence-corrected chi connectivity index (χ4v) is 6.02. The van der Waals surface area contributed by atoms with E-state index < -0.39 is 0 Å². The zero-order chi connectivity index (χ0) is 10.9. The van der Waals surface area contributed by atoms with Crippen LogP contribution in [0.5, 0.6) is 0 Å². The first-order chi connectivity index (χ1) is 7.83. The molecule has 4 aliphatic rings. The molecule has 2 nitrogen and oxygen atoms in total. The number of ether oxygens (including phenoxy) is 2. The molecule has 0 spiro atoms. The van der Waals surface area contributed by atoms with Crippen LogP contribution in [0.15, 0.2) is 0 Å². The molecule has 4 rings (SSSR count). The van der Waals surface area contributed by atoms with E-state index in [1.165, 1.54) is 25.7 Å². The molecule has 0 saturated heterocycles. The Bertz CT molecular complexity index is 275. The van der Waals surface area contributed by atoms with Crippen LogP contribution in [0.25, 0.3) is 0 Å². The largest absolute Gasteiger partial charge is 0.381 e. The van der Waals surface area contributed by atoms with Crippen molar-refractivity contribution in [1.82, 2.24) is 0 Å². The average molecular weight is 222 g/mol. The summed E-state index contributed by atoms with van der Waals surface area (Å²) in [5.74, 6) is 5.72. The van der Waals surface area contributed by atoms with E-state index in [0.717, 1.165) is 35.5 Å². The molecule has 4 bridgehead atoms. The Morgan fingerprint density at radius 1 is 0.688 bits per heavy atom. The Labute approximate surface area is 97.7 Å². The Morgan fingerprint density at radius 2 is 1.19 bits per heavy atom. The van der Waals surface area contributed by atoms with Crippen molar-refractivity contribution in [1.29, 1.82) is 0 Å². The van der Waals surface area contributed by atoms with Crippen LogP contribution in [-0.2, 0) is 9.47 Å². The molecule has 0 N–H and O–H groups in total. The molecule has 4 aliphatic carbocycles. The van der Waals surface area contributed by atoms with Crippen molar-refractivity contribution in [3.05, 3.63) is 0 Å². The van der Waals surface area contributed by atoms with Gasteiger partial charge in [-0.25, -0.2) is 0 Å². The monoisotopic (exact) mass is 222 g/mol. The average Bonchev–Trinajstić information content (AvgIpc) is 3.03. The number of fused-ring (bicyclic) bond motifs is 9. The molecule has 6 unspecified atom stereocenters. The van der Waals surface area contributed by atoms with Gasteiger partial charge >= 0.3 is 0 Å². The lowest BCUT2D eigenvalue weighted by atomic mass is 9.69. The third kappa shape index (κ3) is 1.01. The topological polar surface area (TPSA) is 18.5 Å². The number of hydrogen-bond donors (Lipinski definition) is 0. The van der Waals surface area contributed by atoms with E-state index in [9.17, 15) is 0 Å². The lowest BCUT2D eigenvalue weighted by Crippen LogP contribution is -2.40. The van der Waals surface area contributed by atoms with Gasteiger partial charge in [0.15, 0.2) is 0 Å². The van der Waals surface area contributed by atoms with E-state index in [2.05, 4.69) is 0 Å². The first-order valence-electron chi connectivity index (χ1n) is 6.89. The van der Waals surface area contributed by atoms with E-state index in [0.29, 0.717) is 12.2 Å². The van der Waals surface area contributed by atoms with Gasteiger partial charge in [-0.3, -0.25) is 0 Å². The maximum Gasteiger partial charge on any atom is 0.0605 e. The standard InChI is InChI=1S/C14H22O2/c1-15-11-5-7-3-9(11)14-10-4-8(13(7)14)6-12(10)16-2/h7-14H,3-6H2,1-2H3. The molecule has 4 saturated carbocycles.